The van der Waals surface area contributed by atoms with Crippen molar-refractivity contribution in [3.8, 4) is 0 Å². The first-order valence-corrected chi connectivity index (χ1v) is 8.41. The fraction of sp³-hybridized carbons (Fsp3) is 0.812. The zero-order chi connectivity index (χ0) is 15.0. The molecule has 1 saturated carbocycles. The molecule has 0 spiro atoms. The van der Waals surface area contributed by atoms with Crippen LogP contribution in [0.1, 0.15) is 75.4 Å². The molecule has 1 heterocycles. The second kappa shape index (κ2) is 5.74. The molecule has 1 aromatic heterocycles. The summed E-state index contributed by atoms with van der Waals surface area (Å²) in [6.07, 6.45) is 3.54. The van der Waals surface area contributed by atoms with Crippen LogP contribution in [-0.2, 0) is 16.9 Å². The molecule has 0 aromatic carbocycles. The van der Waals surface area contributed by atoms with Crippen molar-refractivity contribution >= 4 is 11.3 Å². The summed E-state index contributed by atoms with van der Waals surface area (Å²) in [4.78, 5) is 6.34. The van der Waals surface area contributed by atoms with Gasteiger partial charge in [-0.2, -0.15) is 0 Å². The zero-order valence-electron chi connectivity index (χ0n) is 13.7. The van der Waals surface area contributed by atoms with Crippen molar-refractivity contribution in [1.82, 2.24) is 10.3 Å². The number of rotatable bonds is 6. The Labute approximate surface area is 127 Å². The van der Waals surface area contributed by atoms with Gasteiger partial charge in [0.15, 0.2) is 0 Å². The molecule has 20 heavy (non-hydrogen) atoms. The van der Waals surface area contributed by atoms with Crippen LogP contribution in [-0.4, -0.2) is 17.6 Å². The minimum atomic E-state index is -0.242. The van der Waals surface area contributed by atoms with Gasteiger partial charge >= 0.3 is 0 Å². The predicted octanol–water partition coefficient (Wildman–Crippen LogP) is 4.18. The van der Waals surface area contributed by atoms with Crippen LogP contribution in [0, 0.1) is 0 Å². The number of nitrogens with zero attached hydrogens (tertiary/aromatic N) is 1. The number of nitrogens with one attached hydrogen (secondary N) is 1. The van der Waals surface area contributed by atoms with Crippen LogP contribution in [0.25, 0.3) is 0 Å². The van der Waals surface area contributed by atoms with Gasteiger partial charge in [0.2, 0.25) is 0 Å². The predicted molar refractivity (Wildman–Crippen MR) is 85.3 cm³/mol. The summed E-state index contributed by atoms with van der Waals surface area (Å²) >= 11 is 1.83. The second-order valence-electron chi connectivity index (χ2n) is 6.99. The van der Waals surface area contributed by atoms with Gasteiger partial charge < -0.3 is 10.1 Å². The van der Waals surface area contributed by atoms with E-state index in [4.69, 9.17) is 9.72 Å². The Hall–Kier alpha value is -0.450. The Kier molecular flexibility index (Phi) is 4.57. The quantitative estimate of drug-likeness (QED) is 0.855. The summed E-state index contributed by atoms with van der Waals surface area (Å²) in [6.45, 7) is 11.8. The maximum absolute atomic E-state index is 5.71. The average molecular weight is 296 g/mol. The average Bonchev–Trinajstić information content (AvgIpc) is 3.14. The molecule has 4 heteroatoms. The SMILES string of the molecule is CCC(C)(OC)c1nc(C2CC2)c(CNC(C)(C)C)s1. The Morgan fingerprint density at radius 3 is 2.40 bits per heavy atom. The molecule has 2 rings (SSSR count). The summed E-state index contributed by atoms with van der Waals surface area (Å²) in [7, 11) is 1.79. The van der Waals surface area contributed by atoms with Crippen LogP contribution < -0.4 is 5.32 Å². The lowest BCUT2D eigenvalue weighted by atomic mass is 10.0. The molecule has 3 nitrogen and oxygen atoms in total. The van der Waals surface area contributed by atoms with Crippen LogP contribution >= 0.6 is 11.3 Å². The van der Waals surface area contributed by atoms with Gasteiger partial charge in [0.25, 0.3) is 0 Å². The smallest absolute Gasteiger partial charge is 0.125 e. The van der Waals surface area contributed by atoms with Gasteiger partial charge in [-0.3, -0.25) is 0 Å². The van der Waals surface area contributed by atoms with E-state index in [-0.39, 0.29) is 11.1 Å². The highest BCUT2D eigenvalue weighted by atomic mass is 32.1. The Morgan fingerprint density at radius 1 is 1.30 bits per heavy atom. The van der Waals surface area contributed by atoms with Crippen molar-refractivity contribution in [2.45, 2.75) is 77.5 Å². The molecule has 1 aliphatic rings. The first kappa shape index (κ1) is 15.9. The van der Waals surface area contributed by atoms with Gasteiger partial charge in [-0.15, -0.1) is 11.3 Å². The van der Waals surface area contributed by atoms with Gasteiger partial charge in [-0.25, -0.2) is 4.98 Å². The topological polar surface area (TPSA) is 34.1 Å². The minimum absolute atomic E-state index is 0.139. The minimum Gasteiger partial charge on any atom is -0.371 e. The van der Waals surface area contributed by atoms with E-state index < -0.39 is 0 Å². The van der Waals surface area contributed by atoms with Crippen LogP contribution in [0.3, 0.4) is 0 Å². The maximum Gasteiger partial charge on any atom is 0.125 e. The van der Waals surface area contributed by atoms with Crippen LogP contribution in [0.4, 0.5) is 0 Å². The first-order valence-electron chi connectivity index (χ1n) is 7.59. The molecule has 1 atom stereocenters. The Bertz CT molecular complexity index is 454. The molecule has 114 valence electrons. The summed E-state index contributed by atoms with van der Waals surface area (Å²) in [5.41, 5.74) is 1.22. The van der Waals surface area contributed by atoms with Crippen molar-refractivity contribution in [2.24, 2.45) is 0 Å². The number of hydrogen-bond acceptors (Lipinski definition) is 4. The van der Waals surface area contributed by atoms with Crippen molar-refractivity contribution in [3.63, 3.8) is 0 Å². The number of ether oxygens (including phenoxy) is 1. The first-order chi connectivity index (χ1) is 9.29. The highest BCUT2D eigenvalue weighted by Gasteiger charge is 2.34. The van der Waals surface area contributed by atoms with Crippen molar-refractivity contribution in [1.29, 1.82) is 0 Å². The maximum atomic E-state index is 5.71. The standard InChI is InChI=1S/C16H28N2OS/c1-7-16(5,19-6)14-18-13(11-8-9-11)12(20-14)10-17-15(2,3)4/h11,17H,7-10H2,1-6H3. The Morgan fingerprint density at radius 2 is 1.95 bits per heavy atom. The normalized spacial score (nSPS) is 19.1. The lowest BCUT2D eigenvalue weighted by molar-refractivity contribution is -0.00166. The summed E-state index contributed by atoms with van der Waals surface area (Å²) in [5, 5.41) is 4.73. The third-order valence-electron chi connectivity index (χ3n) is 4.05. The number of aromatic nitrogens is 1. The van der Waals surface area contributed by atoms with E-state index in [0.29, 0.717) is 5.92 Å². The van der Waals surface area contributed by atoms with E-state index in [0.717, 1.165) is 18.0 Å². The molecule has 1 unspecified atom stereocenters. The summed E-state index contributed by atoms with van der Waals surface area (Å²) in [5.74, 6) is 0.690. The molecule has 1 fully saturated rings. The second-order valence-corrected chi connectivity index (χ2v) is 8.08. The van der Waals surface area contributed by atoms with Gasteiger partial charge in [-0.05, 0) is 47.0 Å². The zero-order valence-corrected chi connectivity index (χ0v) is 14.5. The molecular weight excluding hydrogens is 268 g/mol. The third kappa shape index (κ3) is 3.60. The molecule has 0 radical (unpaired) electrons. The number of hydrogen-bond donors (Lipinski definition) is 1. The van der Waals surface area contributed by atoms with E-state index in [1.807, 2.05) is 11.3 Å². The van der Waals surface area contributed by atoms with Crippen molar-refractivity contribution < 1.29 is 4.74 Å². The van der Waals surface area contributed by atoms with Gasteiger partial charge in [0.1, 0.15) is 10.6 Å². The van der Waals surface area contributed by atoms with Gasteiger partial charge in [-0.1, -0.05) is 6.92 Å². The van der Waals surface area contributed by atoms with E-state index in [1.165, 1.54) is 23.4 Å². The molecular formula is C16H28N2OS. The van der Waals surface area contributed by atoms with E-state index in [9.17, 15) is 0 Å². The molecule has 0 aliphatic heterocycles. The largest absolute Gasteiger partial charge is 0.371 e. The fourth-order valence-corrected chi connectivity index (χ4v) is 3.40. The van der Waals surface area contributed by atoms with Gasteiger partial charge in [0, 0.05) is 30.0 Å². The van der Waals surface area contributed by atoms with Crippen LogP contribution in [0.15, 0.2) is 0 Å². The molecule has 1 aromatic rings. The molecule has 0 amide bonds. The monoisotopic (exact) mass is 296 g/mol. The lowest BCUT2D eigenvalue weighted by Gasteiger charge is -2.23. The van der Waals surface area contributed by atoms with E-state index in [2.05, 4.69) is 39.9 Å². The fourth-order valence-electron chi connectivity index (χ4n) is 2.12. The van der Waals surface area contributed by atoms with Crippen molar-refractivity contribution in [2.75, 3.05) is 7.11 Å². The third-order valence-corrected chi connectivity index (χ3v) is 5.36. The summed E-state index contributed by atoms with van der Waals surface area (Å²) in [6, 6.07) is 0. The number of methoxy groups -OCH3 is 1. The molecule has 0 bridgehead atoms. The molecule has 1 aliphatic carbocycles. The van der Waals surface area contributed by atoms with E-state index >= 15 is 0 Å². The highest BCUT2D eigenvalue weighted by Crippen LogP contribution is 2.44. The molecule has 0 saturated heterocycles. The lowest BCUT2D eigenvalue weighted by Crippen LogP contribution is -2.35. The van der Waals surface area contributed by atoms with Crippen LogP contribution in [0.5, 0.6) is 0 Å². The highest BCUT2D eigenvalue weighted by molar-refractivity contribution is 7.11. The number of thiazole rings is 1. The molecule has 1 N–H and O–H groups in total. The van der Waals surface area contributed by atoms with Crippen LogP contribution in [0.2, 0.25) is 0 Å². The summed E-state index contributed by atoms with van der Waals surface area (Å²) < 4.78 is 5.71. The Balaban J connectivity index is 2.24. The van der Waals surface area contributed by atoms with Gasteiger partial charge in [0.05, 0.1) is 5.69 Å². The van der Waals surface area contributed by atoms with Crippen molar-refractivity contribution in [3.05, 3.63) is 15.6 Å². The van der Waals surface area contributed by atoms with E-state index in [1.54, 1.807) is 7.11 Å².